The van der Waals surface area contributed by atoms with Crippen LogP contribution >= 0.6 is 11.6 Å². The molecule has 12 heteroatoms. The smallest absolute Gasteiger partial charge is 0.287 e. The molecule has 0 aliphatic carbocycles. The first-order chi connectivity index (χ1) is 21.2. The van der Waals surface area contributed by atoms with Crippen molar-refractivity contribution in [3.8, 4) is 0 Å². The van der Waals surface area contributed by atoms with Gasteiger partial charge in [0.15, 0.2) is 0 Å². The standard InChI is InChI=1S/C32H39ClN8O3/c1-38-19-24(13-25(20-38)36-28-17-35-39(2)32(44)30(28)33)22-5-3-21(4-6-22)18-40-9-11-41(12-10-40)26-14-23(15-34-16-26)27-7-8-29(42)37-31(27)43/h3-6,14-17,24-25,27,36H,7-13,18-20H2,1-2H3,(H,37,42,43)/t24-,25+,27?/m1/s1. The average Bonchev–Trinajstić information content (AvgIpc) is 3.02. The summed E-state index contributed by atoms with van der Waals surface area (Å²) >= 11 is 6.31. The summed E-state index contributed by atoms with van der Waals surface area (Å²) in [5, 5.41) is 10.2. The summed E-state index contributed by atoms with van der Waals surface area (Å²) in [4.78, 5) is 47.6. The third-order valence-corrected chi connectivity index (χ3v) is 9.42. The number of nitrogens with zero attached hydrogens (tertiary/aromatic N) is 6. The first kappa shape index (κ1) is 30.2. The van der Waals surface area contributed by atoms with Gasteiger partial charge in [0.1, 0.15) is 5.02 Å². The van der Waals surface area contributed by atoms with Gasteiger partial charge in [0.2, 0.25) is 11.8 Å². The van der Waals surface area contributed by atoms with E-state index in [1.807, 2.05) is 6.20 Å². The van der Waals surface area contributed by atoms with Gasteiger partial charge >= 0.3 is 0 Å². The molecule has 11 nitrogen and oxygen atoms in total. The van der Waals surface area contributed by atoms with E-state index in [4.69, 9.17) is 11.6 Å². The van der Waals surface area contributed by atoms with Crippen LogP contribution in [0.15, 0.2) is 53.7 Å². The zero-order chi connectivity index (χ0) is 30.8. The van der Waals surface area contributed by atoms with E-state index >= 15 is 0 Å². The summed E-state index contributed by atoms with van der Waals surface area (Å²) < 4.78 is 1.24. The van der Waals surface area contributed by atoms with Crippen LogP contribution in [0, 0.1) is 0 Å². The van der Waals surface area contributed by atoms with E-state index in [-0.39, 0.29) is 34.4 Å². The Morgan fingerprint density at radius 2 is 1.75 bits per heavy atom. The van der Waals surface area contributed by atoms with Crippen molar-refractivity contribution in [2.75, 3.05) is 56.5 Å². The fourth-order valence-corrected chi connectivity index (χ4v) is 6.86. The molecule has 3 aliphatic rings. The number of piperazine rings is 1. The summed E-state index contributed by atoms with van der Waals surface area (Å²) in [6.45, 7) is 6.37. The number of pyridine rings is 1. The molecule has 2 aromatic heterocycles. The number of hydrogen-bond acceptors (Lipinski definition) is 9. The molecule has 0 spiro atoms. The number of anilines is 2. The average molecular weight is 619 g/mol. The van der Waals surface area contributed by atoms with Crippen molar-refractivity contribution in [3.63, 3.8) is 0 Å². The summed E-state index contributed by atoms with van der Waals surface area (Å²) in [6, 6.07) is 11.2. The minimum atomic E-state index is -0.323. The van der Waals surface area contributed by atoms with Gasteiger partial charge in [0.05, 0.1) is 29.7 Å². The Kier molecular flexibility index (Phi) is 8.97. The number of benzene rings is 1. The van der Waals surface area contributed by atoms with Gasteiger partial charge < -0.3 is 15.1 Å². The number of likely N-dealkylation sites (tertiary alicyclic amines) is 1. The molecule has 5 heterocycles. The molecule has 2 amide bonds. The molecule has 2 N–H and O–H groups in total. The SMILES string of the molecule is CN1C[C@@H](Nc2cnn(C)c(=O)c2Cl)C[C@@H](c2ccc(CN3CCN(c4cncc(C5CCC(=O)NC5=O)c4)CC3)cc2)C1. The molecule has 3 atom stereocenters. The van der Waals surface area contributed by atoms with Crippen molar-refractivity contribution < 1.29 is 9.59 Å². The summed E-state index contributed by atoms with van der Waals surface area (Å²) in [5.41, 5.74) is 4.78. The van der Waals surface area contributed by atoms with Crippen LogP contribution in [0.2, 0.25) is 5.02 Å². The number of rotatable bonds is 7. The number of halogens is 1. The molecule has 1 unspecified atom stereocenters. The first-order valence-electron chi connectivity index (χ1n) is 15.2. The Labute approximate surface area is 262 Å². The van der Waals surface area contributed by atoms with Crippen molar-refractivity contribution >= 4 is 34.8 Å². The number of hydrogen-bond donors (Lipinski definition) is 2. The van der Waals surface area contributed by atoms with Gasteiger partial charge in [-0.15, -0.1) is 0 Å². The van der Waals surface area contributed by atoms with Crippen molar-refractivity contribution in [1.82, 2.24) is 29.9 Å². The predicted molar refractivity (Wildman–Crippen MR) is 170 cm³/mol. The lowest BCUT2D eigenvalue weighted by Gasteiger charge is -2.37. The first-order valence-corrected chi connectivity index (χ1v) is 15.6. The molecule has 44 heavy (non-hydrogen) atoms. The topological polar surface area (TPSA) is 116 Å². The summed E-state index contributed by atoms with van der Waals surface area (Å²) in [5.74, 6) is -0.389. The lowest BCUT2D eigenvalue weighted by atomic mass is 9.87. The third-order valence-electron chi connectivity index (χ3n) is 9.05. The van der Waals surface area contributed by atoms with E-state index in [9.17, 15) is 14.4 Å². The van der Waals surface area contributed by atoms with Crippen LogP contribution in [-0.4, -0.2) is 88.7 Å². The fourth-order valence-electron chi connectivity index (χ4n) is 6.63. The molecule has 0 radical (unpaired) electrons. The molecule has 232 valence electrons. The van der Waals surface area contributed by atoms with E-state index in [1.54, 1.807) is 19.4 Å². The van der Waals surface area contributed by atoms with Crippen LogP contribution in [0.25, 0.3) is 0 Å². The Bertz CT molecular complexity index is 1570. The molecular formula is C32H39ClN8O3. The molecular weight excluding hydrogens is 580 g/mol. The number of carbonyl (C=O) groups excluding carboxylic acids is 2. The molecule has 3 aliphatic heterocycles. The van der Waals surface area contributed by atoms with Crippen LogP contribution in [0.1, 0.15) is 47.8 Å². The quantitative estimate of drug-likeness (QED) is 0.386. The maximum atomic E-state index is 12.3. The number of imide groups is 1. The number of aromatic nitrogens is 3. The second-order valence-corrected chi connectivity index (χ2v) is 12.7. The Morgan fingerprint density at radius 1 is 0.977 bits per heavy atom. The van der Waals surface area contributed by atoms with Gasteiger partial charge in [0, 0.05) is 71.5 Å². The van der Waals surface area contributed by atoms with Crippen LogP contribution < -0.4 is 21.1 Å². The highest BCUT2D eigenvalue weighted by Crippen LogP contribution is 2.30. The molecule has 1 aromatic carbocycles. The monoisotopic (exact) mass is 618 g/mol. The minimum absolute atomic E-state index is 0.154. The largest absolute Gasteiger partial charge is 0.378 e. The zero-order valence-electron chi connectivity index (χ0n) is 25.2. The van der Waals surface area contributed by atoms with E-state index in [1.165, 1.54) is 15.8 Å². The number of piperidine rings is 2. The highest BCUT2D eigenvalue weighted by molar-refractivity contribution is 6.32. The normalized spacial score (nSPS) is 23.4. The van der Waals surface area contributed by atoms with E-state index in [2.05, 4.69) is 72.8 Å². The van der Waals surface area contributed by atoms with Gasteiger partial charge in [-0.2, -0.15) is 5.10 Å². The van der Waals surface area contributed by atoms with Gasteiger partial charge in [-0.1, -0.05) is 35.9 Å². The van der Waals surface area contributed by atoms with Crippen molar-refractivity contribution in [2.45, 2.75) is 43.7 Å². The predicted octanol–water partition coefficient (Wildman–Crippen LogP) is 2.57. The van der Waals surface area contributed by atoms with Crippen LogP contribution in [0.4, 0.5) is 11.4 Å². The van der Waals surface area contributed by atoms with Gasteiger partial charge in [-0.3, -0.25) is 29.6 Å². The second-order valence-electron chi connectivity index (χ2n) is 12.3. The Balaban J connectivity index is 1.02. The molecule has 3 aromatic rings. The molecule has 3 saturated heterocycles. The number of carbonyl (C=O) groups is 2. The van der Waals surface area contributed by atoms with Crippen molar-refractivity contribution in [2.24, 2.45) is 7.05 Å². The molecule has 3 fully saturated rings. The summed E-state index contributed by atoms with van der Waals surface area (Å²) in [7, 11) is 3.72. The fraction of sp³-hybridized carbons (Fsp3) is 0.469. The van der Waals surface area contributed by atoms with Crippen LogP contribution in [0.3, 0.4) is 0 Å². The highest BCUT2D eigenvalue weighted by Gasteiger charge is 2.30. The number of aryl methyl sites for hydroxylation is 1. The maximum absolute atomic E-state index is 12.3. The van der Waals surface area contributed by atoms with Gasteiger partial charge in [-0.25, -0.2) is 4.68 Å². The molecule has 0 saturated carbocycles. The van der Waals surface area contributed by atoms with E-state index in [0.717, 1.165) is 63.5 Å². The number of nitrogens with one attached hydrogen (secondary N) is 2. The van der Waals surface area contributed by atoms with Crippen molar-refractivity contribution in [3.05, 3.63) is 81.0 Å². The highest BCUT2D eigenvalue weighted by atomic mass is 35.5. The minimum Gasteiger partial charge on any atom is -0.378 e. The van der Waals surface area contributed by atoms with Crippen LogP contribution in [-0.2, 0) is 23.2 Å². The van der Waals surface area contributed by atoms with Gasteiger partial charge in [0.25, 0.3) is 5.56 Å². The lowest BCUT2D eigenvalue weighted by molar-refractivity contribution is -0.134. The number of likely N-dealkylation sites (N-methyl/N-ethyl adjacent to an activating group) is 1. The van der Waals surface area contributed by atoms with Crippen molar-refractivity contribution in [1.29, 1.82) is 0 Å². The van der Waals surface area contributed by atoms with Gasteiger partial charge in [-0.05, 0) is 48.6 Å². The van der Waals surface area contributed by atoms with E-state index in [0.29, 0.717) is 24.4 Å². The Hall–Kier alpha value is -3.80. The molecule has 0 bridgehead atoms. The summed E-state index contributed by atoms with van der Waals surface area (Å²) in [6.07, 6.45) is 7.05. The molecule has 6 rings (SSSR count). The third kappa shape index (κ3) is 6.80. The Morgan fingerprint density at radius 3 is 2.50 bits per heavy atom. The zero-order valence-corrected chi connectivity index (χ0v) is 26.0. The number of amides is 2. The van der Waals surface area contributed by atoms with Crippen LogP contribution in [0.5, 0.6) is 0 Å². The lowest BCUT2D eigenvalue weighted by Crippen LogP contribution is -2.46. The van der Waals surface area contributed by atoms with E-state index < -0.39 is 0 Å². The second kappa shape index (κ2) is 13.1. The maximum Gasteiger partial charge on any atom is 0.287 e.